The Labute approximate surface area is 153 Å². The molecular formula is C21H23NO4. The second kappa shape index (κ2) is 8.52. The largest absolute Gasteiger partial charge is 0.497 e. The van der Waals surface area contributed by atoms with Gasteiger partial charge < -0.3 is 14.3 Å². The zero-order valence-corrected chi connectivity index (χ0v) is 15.2. The second-order valence-corrected chi connectivity index (χ2v) is 6.17. The number of unbranched alkanes of at least 4 members (excludes halogenated alkanes) is 1. The fraction of sp³-hybridized carbons (Fsp3) is 0.333. The molecule has 0 heterocycles. The maximum Gasteiger partial charge on any atom is 0.365 e. The van der Waals surface area contributed by atoms with Gasteiger partial charge in [0.2, 0.25) is 0 Å². The van der Waals surface area contributed by atoms with Crippen molar-refractivity contribution >= 4 is 11.7 Å². The lowest BCUT2D eigenvalue weighted by Crippen LogP contribution is -2.04. The van der Waals surface area contributed by atoms with Crippen molar-refractivity contribution < 1.29 is 19.1 Å². The van der Waals surface area contributed by atoms with Crippen LogP contribution in [0.5, 0.6) is 11.5 Å². The van der Waals surface area contributed by atoms with Gasteiger partial charge in [-0.3, -0.25) is 0 Å². The normalized spacial score (nSPS) is 14.2. The van der Waals surface area contributed by atoms with Gasteiger partial charge in [0, 0.05) is 5.56 Å². The van der Waals surface area contributed by atoms with E-state index < -0.39 is 5.97 Å². The van der Waals surface area contributed by atoms with Crippen LogP contribution in [-0.2, 0) is 11.3 Å². The average Bonchev–Trinajstić information content (AvgIpc) is 3.09. The number of rotatable bonds is 7. The van der Waals surface area contributed by atoms with Crippen LogP contribution in [0.4, 0.5) is 0 Å². The number of hydrogen-bond donors (Lipinski definition) is 0. The Morgan fingerprint density at radius 1 is 1.08 bits per heavy atom. The van der Waals surface area contributed by atoms with E-state index in [1.165, 1.54) is 0 Å². The highest BCUT2D eigenvalue weighted by molar-refractivity contribution is 6.04. The van der Waals surface area contributed by atoms with Crippen LogP contribution in [-0.4, -0.2) is 25.4 Å². The van der Waals surface area contributed by atoms with E-state index in [1.807, 2.05) is 18.2 Å². The molecule has 0 saturated heterocycles. The molecule has 0 radical (unpaired) electrons. The SMILES string of the molecule is CCCCOc1ccc(C(=O)O/N=C2\CCc3cc(OC)ccc32)cc1. The van der Waals surface area contributed by atoms with Gasteiger partial charge in [-0.25, -0.2) is 4.79 Å². The third-order valence-corrected chi connectivity index (χ3v) is 4.35. The number of methoxy groups -OCH3 is 1. The monoisotopic (exact) mass is 353 g/mol. The fourth-order valence-corrected chi connectivity index (χ4v) is 2.84. The first-order valence-corrected chi connectivity index (χ1v) is 8.89. The minimum Gasteiger partial charge on any atom is -0.497 e. The van der Waals surface area contributed by atoms with Crippen LogP contribution in [0.1, 0.15) is 47.7 Å². The number of hydrogen-bond acceptors (Lipinski definition) is 5. The van der Waals surface area contributed by atoms with Crippen LogP contribution < -0.4 is 9.47 Å². The summed E-state index contributed by atoms with van der Waals surface area (Å²) in [6.45, 7) is 2.79. The standard InChI is InChI=1S/C21H23NO4/c1-3-4-13-25-17-8-5-15(6-9-17)21(23)26-22-20-12-7-16-14-18(24-2)10-11-19(16)20/h5-6,8-11,14H,3-4,7,12-13H2,1-2H3/b22-20+. The number of aryl methyl sites for hydroxylation is 1. The van der Waals surface area contributed by atoms with Crippen LogP contribution in [0.3, 0.4) is 0 Å². The predicted molar refractivity (Wildman–Crippen MR) is 100 cm³/mol. The van der Waals surface area contributed by atoms with E-state index in [1.54, 1.807) is 31.4 Å². The molecule has 0 fully saturated rings. The molecule has 0 bridgehead atoms. The molecule has 0 spiro atoms. The number of nitrogens with zero attached hydrogens (tertiary/aromatic N) is 1. The van der Waals surface area contributed by atoms with Gasteiger partial charge in [0.25, 0.3) is 0 Å². The number of fused-ring (bicyclic) bond motifs is 1. The summed E-state index contributed by atoms with van der Waals surface area (Å²) in [7, 11) is 1.65. The molecule has 5 heteroatoms. The Morgan fingerprint density at radius 3 is 2.58 bits per heavy atom. The first-order valence-electron chi connectivity index (χ1n) is 8.89. The summed E-state index contributed by atoms with van der Waals surface area (Å²) in [6, 6.07) is 12.8. The molecule has 0 atom stereocenters. The van der Waals surface area contributed by atoms with Gasteiger partial charge in [0.1, 0.15) is 11.5 Å². The molecular weight excluding hydrogens is 330 g/mol. The Hall–Kier alpha value is -2.82. The van der Waals surface area contributed by atoms with Crippen molar-refractivity contribution in [2.24, 2.45) is 5.16 Å². The Balaban J connectivity index is 1.62. The molecule has 5 nitrogen and oxygen atoms in total. The minimum atomic E-state index is -0.473. The van der Waals surface area contributed by atoms with Gasteiger partial charge in [-0.05, 0) is 67.3 Å². The molecule has 0 unspecified atom stereocenters. The van der Waals surface area contributed by atoms with Gasteiger partial charge in [-0.1, -0.05) is 18.5 Å². The lowest BCUT2D eigenvalue weighted by Gasteiger charge is -2.06. The lowest BCUT2D eigenvalue weighted by atomic mass is 10.1. The van der Waals surface area contributed by atoms with Crippen molar-refractivity contribution in [2.45, 2.75) is 32.6 Å². The smallest absolute Gasteiger partial charge is 0.365 e. The summed E-state index contributed by atoms with van der Waals surface area (Å²) in [5.74, 6) is 1.10. The minimum absolute atomic E-state index is 0.449. The van der Waals surface area contributed by atoms with E-state index in [4.69, 9.17) is 14.3 Å². The first-order chi connectivity index (χ1) is 12.7. The zero-order valence-electron chi connectivity index (χ0n) is 15.2. The van der Waals surface area contributed by atoms with E-state index in [2.05, 4.69) is 12.1 Å². The molecule has 1 aliphatic carbocycles. The second-order valence-electron chi connectivity index (χ2n) is 6.17. The number of ether oxygens (including phenoxy) is 2. The third-order valence-electron chi connectivity index (χ3n) is 4.35. The molecule has 136 valence electrons. The molecule has 0 aliphatic heterocycles. The number of carbonyl (C=O) groups excluding carboxylic acids is 1. The zero-order chi connectivity index (χ0) is 18.4. The summed E-state index contributed by atoms with van der Waals surface area (Å²) in [4.78, 5) is 17.3. The topological polar surface area (TPSA) is 57.1 Å². The Bertz CT molecular complexity index is 796. The van der Waals surface area contributed by atoms with Gasteiger partial charge in [0.05, 0.1) is 25.0 Å². The van der Waals surface area contributed by atoms with Gasteiger partial charge >= 0.3 is 5.97 Å². The van der Waals surface area contributed by atoms with Crippen LogP contribution in [0, 0.1) is 0 Å². The summed E-state index contributed by atoms with van der Waals surface area (Å²) >= 11 is 0. The van der Waals surface area contributed by atoms with Crippen molar-refractivity contribution in [1.82, 2.24) is 0 Å². The third kappa shape index (κ3) is 4.23. The molecule has 0 N–H and O–H groups in total. The molecule has 2 aromatic carbocycles. The molecule has 1 aliphatic rings. The predicted octanol–water partition coefficient (Wildman–Crippen LogP) is 4.38. The van der Waals surface area contributed by atoms with Crippen molar-refractivity contribution in [1.29, 1.82) is 0 Å². The summed E-state index contributed by atoms with van der Waals surface area (Å²) < 4.78 is 10.8. The van der Waals surface area contributed by atoms with Crippen molar-refractivity contribution in [3.05, 3.63) is 59.2 Å². The van der Waals surface area contributed by atoms with Crippen LogP contribution in [0.15, 0.2) is 47.6 Å². The molecule has 0 aromatic heterocycles. The van der Waals surface area contributed by atoms with Crippen molar-refractivity contribution in [2.75, 3.05) is 13.7 Å². The Morgan fingerprint density at radius 2 is 1.85 bits per heavy atom. The quantitative estimate of drug-likeness (QED) is 0.421. The summed E-state index contributed by atoms with van der Waals surface area (Å²) in [5.41, 5.74) is 3.41. The maximum atomic E-state index is 12.2. The Kier molecular flexibility index (Phi) is 5.89. The van der Waals surface area contributed by atoms with Crippen LogP contribution >= 0.6 is 0 Å². The molecule has 3 rings (SSSR count). The number of oxime groups is 1. The fourth-order valence-electron chi connectivity index (χ4n) is 2.84. The van der Waals surface area contributed by atoms with Crippen LogP contribution in [0.25, 0.3) is 0 Å². The molecule has 2 aromatic rings. The van der Waals surface area contributed by atoms with Gasteiger partial charge in [-0.15, -0.1) is 0 Å². The highest BCUT2D eigenvalue weighted by atomic mass is 16.7. The van der Waals surface area contributed by atoms with E-state index in [9.17, 15) is 4.79 Å². The summed E-state index contributed by atoms with van der Waals surface area (Å²) in [6.07, 6.45) is 3.71. The van der Waals surface area contributed by atoms with E-state index in [0.29, 0.717) is 12.2 Å². The molecule has 0 amide bonds. The number of benzene rings is 2. The average molecular weight is 353 g/mol. The number of carbonyl (C=O) groups is 1. The van der Waals surface area contributed by atoms with Gasteiger partial charge in [0.15, 0.2) is 0 Å². The van der Waals surface area contributed by atoms with E-state index >= 15 is 0 Å². The lowest BCUT2D eigenvalue weighted by molar-refractivity contribution is 0.0516. The van der Waals surface area contributed by atoms with Gasteiger partial charge in [-0.2, -0.15) is 0 Å². The molecule has 0 saturated carbocycles. The maximum absolute atomic E-state index is 12.2. The molecule has 26 heavy (non-hydrogen) atoms. The van der Waals surface area contributed by atoms with Crippen LogP contribution in [0.2, 0.25) is 0 Å². The highest BCUT2D eigenvalue weighted by Gasteiger charge is 2.19. The first kappa shape index (κ1) is 18.0. The van der Waals surface area contributed by atoms with Crippen molar-refractivity contribution in [3.8, 4) is 11.5 Å². The van der Waals surface area contributed by atoms with E-state index in [-0.39, 0.29) is 0 Å². The van der Waals surface area contributed by atoms with E-state index in [0.717, 1.165) is 54.0 Å². The van der Waals surface area contributed by atoms with Crippen molar-refractivity contribution in [3.63, 3.8) is 0 Å². The highest BCUT2D eigenvalue weighted by Crippen LogP contribution is 2.27. The summed E-state index contributed by atoms with van der Waals surface area (Å²) in [5, 5.41) is 4.07.